The van der Waals surface area contributed by atoms with Crippen LogP contribution in [0.1, 0.15) is 46.4 Å². The molecule has 0 aliphatic carbocycles. The molecule has 2 aromatic carbocycles. The standard InChI is InChI=1S/C30H29N3O5/c1-19-7-3-4-10-25(19)29(36)31-26(15-21-8-5-9-24(14-21)38-20(2)34)30(37)32-16-22-13-23(18-32)27-11-6-12-28(35)33(27)17-22/h3-12,14-15,22-23H,13,16-18H2,1-2H3,(H,31,36). The fourth-order valence-electron chi connectivity index (χ4n) is 5.40. The monoisotopic (exact) mass is 511 g/mol. The van der Waals surface area contributed by atoms with Crippen molar-refractivity contribution in [3.05, 3.63) is 105 Å². The number of rotatable bonds is 5. The number of amides is 2. The Labute approximate surface area is 220 Å². The quantitative estimate of drug-likeness (QED) is 0.321. The molecule has 5 rings (SSSR count). The summed E-state index contributed by atoms with van der Waals surface area (Å²) in [6.45, 7) is 4.66. The van der Waals surface area contributed by atoms with Crippen LogP contribution in [0.2, 0.25) is 0 Å². The number of likely N-dealkylation sites (tertiary alicyclic amines) is 1. The summed E-state index contributed by atoms with van der Waals surface area (Å²) in [6.07, 6.45) is 2.51. The minimum absolute atomic E-state index is 0.0179. The Hall–Kier alpha value is -4.46. The largest absolute Gasteiger partial charge is 0.427 e. The van der Waals surface area contributed by atoms with Crippen LogP contribution in [0.4, 0.5) is 0 Å². The van der Waals surface area contributed by atoms with Crippen molar-refractivity contribution >= 4 is 23.9 Å². The van der Waals surface area contributed by atoms with E-state index in [1.807, 2.05) is 29.7 Å². The molecule has 194 valence electrons. The van der Waals surface area contributed by atoms with E-state index in [9.17, 15) is 19.2 Å². The lowest BCUT2D eigenvalue weighted by molar-refractivity contribution is -0.132. The number of hydrogen-bond donors (Lipinski definition) is 1. The van der Waals surface area contributed by atoms with Crippen LogP contribution in [0, 0.1) is 12.8 Å². The minimum atomic E-state index is -0.450. The third-order valence-electron chi connectivity index (χ3n) is 7.07. The van der Waals surface area contributed by atoms with Crippen molar-refractivity contribution in [3.63, 3.8) is 0 Å². The molecule has 38 heavy (non-hydrogen) atoms. The van der Waals surface area contributed by atoms with Crippen LogP contribution in [0.3, 0.4) is 0 Å². The first-order chi connectivity index (χ1) is 18.3. The van der Waals surface area contributed by atoms with E-state index < -0.39 is 5.97 Å². The molecular weight excluding hydrogens is 482 g/mol. The number of carbonyl (C=O) groups is 3. The summed E-state index contributed by atoms with van der Waals surface area (Å²) in [5.74, 6) is -0.599. The van der Waals surface area contributed by atoms with Crippen LogP contribution in [0.5, 0.6) is 5.75 Å². The number of esters is 1. The molecule has 3 heterocycles. The predicted octanol–water partition coefficient (Wildman–Crippen LogP) is 3.50. The molecule has 0 spiro atoms. The first-order valence-corrected chi connectivity index (χ1v) is 12.6. The van der Waals surface area contributed by atoms with E-state index in [-0.39, 0.29) is 34.9 Å². The summed E-state index contributed by atoms with van der Waals surface area (Å²) in [7, 11) is 0. The number of benzene rings is 2. The van der Waals surface area contributed by atoms with E-state index in [0.29, 0.717) is 36.5 Å². The van der Waals surface area contributed by atoms with E-state index in [1.54, 1.807) is 59.5 Å². The Morgan fingerprint density at radius 2 is 1.76 bits per heavy atom. The van der Waals surface area contributed by atoms with Gasteiger partial charge in [-0.3, -0.25) is 19.2 Å². The zero-order valence-electron chi connectivity index (χ0n) is 21.3. The van der Waals surface area contributed by atoms with Crippen molar-refractivity contribution < 1.29 is 19.1 Å². The zero-order chi connectivity index (χ0) is 26.8. The number of pyridine rings is 1. The van der Waals surface area contributed by atoms with Gasteiger partial charge in [0.2, 0.25) is 0 Å². The zero-order valence-corrected chi connectivity index (χ0v) is 21.3. The van der Waals surface area contributed by atoms with Crippen molar-refractivity contribution in [2.75, 3.05) is 13.1 Å². The first kappa shape index (κ1) is 25.2. The number of nitrogens with one attached hydrogen (secondary N) is 1. The van der Waals surface area contributed by atoms with Crippen LogP contribution < -0.4 is 15.6 Å². The molecule has 1 N–H and O–H groups in total. The third kappa shape index (κ3) is 5.29. The van der Waals surface area contributed by atoms with Gasteiger partial charge in [-0.1, -0.05) is 36.4 Å². The average molecular weight is 512 g/mol. The molecule has 8 heteroatoms. The molecule has 2 unspecified atom stereocenters. The summed E-state index contributed by atoms with van der Waals surface area (Å²) in [6, 6.07) is 19.3. The van der Waals surface area contributed by atoms with Gasteiger partial charge in [0.1, 0.15) is 11.4 Å². The van der Waals surface area contributed by atoms with Crippen molar-refractivity contribution in [1.29, 1.82) is 0 Å². The molecule has 0 radical (unpaired) electrons. The highest BCUT2D eigenvalue weighted by Gasteiger charge is 2.37. The number of carbonyl (C=O) groups excluding carboxylic acids is 3. The van der Waals surface area contributed by atoms with Crippen molar-refractivity contribution in [2.24, 2.45) is 5.92 Å². The SMILES string of the molecule is CC(=O)Oc1cccc(C=C(NC(=O)c2ccccc2C)C(=O)N2CC3CC(C2)c2cccc(=O)n2C3)c1. The van der Waals surface area contributed by atoms with Crippen LogP contribution in [0.15, 0.2) is 77.2 Å². The second-order valence-corrected chi connectivity index (χ2v) is 9.90. The number of piperidine rings is 1. The Kier molecular flexibility index (Phi) is 6.96. The molecule has 1 saturated heterocycles. The van der Waals surface area contributed by atoms with Gasteiger partial charge in [0, 0.05) is 49.8 Å². The number of nitrogens with zero attached hydrogens (tertiary/aromatic N) is 2. The van der Waals surface area contributed by atoms with Gasteiger partial charge >= 0.3 is 5.97 Å². The van der Waals surface area contributed by atoms with Gasteiger partial charge in [-0.2, -0.15) is 0 Å². The number of ether oxygens (including phenoxy) is 1. The molecule has 2 aliphatic heterocycles. The lowest BCUT2D eigenvalue weighted by Gasteiger charge is -2.43. The van der Waals surface area contributed by atoms with Crippen LogP contribution in [-0.4, -0.2) is 40.3 Å². The lowest BCUT2D eigenvalue weighted by atomic mass is 9.83. The van der Waals surface area contributed by atoms with Crippen molar-refractivity contribution in [3.8, 4) is 5.75 Å². The van der Waals surface area contributed by atoms with Crippen LogP contribution in [-0.2, 0) is 16.1 Å². The van der Waals surface area contributed by atoms with Crippen molar-refractivity contribution in [2.45, 2.75) is 32.7 Å². The van der Waals surface area contributed by atoms with Gasteiger partial charge in [-0.15, -0.1) is 0 Å². The van der Waals surface area contributed by atoms with Gasteiger partial charge in [0.15, 0.2) is 0 Å². The topological polar surface area (TPSA) is 97.7 Å². The van der Waals surface area contributed by atoms with E-state index >= 15 is 0 Å². The predicted molar refractivity (Wildman–Crippen MR) is 143 cm³/mol. The third-order valence-corrected chi connectivity index (χ3v) is 7.07. The smallest absolute Gasteiger partial charge is 0.308 e. The maximum Gasteiger partial charge on any atom is 0.308 e. The van der Waals surface area contributed by atoms with Gasteiger partial charge < -0.3 is 19.5 Å². The first-order valence-electron chi connectivity index (χ1n) is 12.6. The Morgan fingerprint density at radius 3 is 2.55 bits per heavy atom. The van der Waals surface area contributed by atoms with Gasteiger partial charge in [-0.25, -0.2) is 0 Å². The summed E-state index contributed by atoms with van der Waals surface area (Å²) >= 11 is 0. The molecular formula is C30H29N3O5. The second kappa shape index (κ2) is 10.5. The Bertz CT molecular complexity index is 1510. The maximum atomic E-state index is 13.9. The van der Waals surface area contributed by atoms with Crippen LogP contribution in [0.25, 0.3) is 6.08 Å². The normalized spacial score (nSPS) is 18.4. The fourth-order valence-corrected chi connectivity index (χ4v) is 5.40. The minimum Gasteiger partial charge on any atom is -0.427 e. The van der Waals surface area contributed by atoms with Crippen molar-refractivity contribution in [1.82, 2.24) is 14.8 Å². The molecule has 2 atom stereocenters. The number of fused-ring (bicyclic) bond motifs is 4. The summed E-state index contributed by atoms with van der Waals surface area (Å²) in [5, 5.41) is 2.84. The number of aromatic nitrogens is 1. The molecule has 1 aromatic heterocycles. The Morgan fingerprint density at radius 1 is 0.974 bits per heavy atom. The molecule has 1 fully saturated rings. The molecule has 8 nitrogen and oxygen atoms in total. The maximum absolute atomic E-state index is 13.9. The van der Waals surface area contributed by atoms with E-state index in [1.165, 1.54) is 6.92 Å². The number of aryl methyl sites for hydroxylation is 1. The second-order valence-electron chi connectivity index (χ2n) is 9.90. The highest BCUT2D eigenvalue weighted by atomic mass is 16.5. The summed E-state index contributed by atoms with van der Waals surface area (Å²) < 4.78 is 7.01. The number of hydrogen-bond acceptors (Lipinski definition) is 5. The summed E-state index contributed by atoms with van der Waals surface area (Å²) in [5.41, 5.74) is 2.92. The highest BCUT2D eigenvalue weighted by molar-refractivity contribution is 6.05. The van der Waals surface area contributed by atoms with E-state index in [4.69, 9.17) is 4.74 Å². The van der Waals surface area contributed by atoms with Gasteiger partial charge in [-0.05, 0) is 60.7 Å². The average Bonchev–Trinajstić information content (AvgIpc) is 2.88. The van der Waals surface area contributed by atoms with Gasteiger partial charge in [0.05, 0.1) is 0 Å². The highest BCUT2D eigenvalue weighted by Crippen LogP contribution is 2.35. The molecule has 2 aliphatic rings. The van der Waals surface area contributed by atoms with E-state index in [2.05, 4.69) is 5.32 Å². The van der Waals surface area contributed by atoms with Gasteiger partial charge in [0.25, 0.3) is 17.4 Å². The fraction of sp³-hybridized carbons (Fsp3) is 0.267. The lowest BCUT2D eigenvalue weighted by Crippen LogP contribution is -2.50. The van der Waals surface area contributed by atoms with E-state index in [0.717, 1.165) is 17.7 Å². The molecule has 2 amide bonds. The molecule has 2 bridgehead atoms. The summed E-state index contributed by atoms with van der Waals surface area (Å²) in [4.78, 5) is 52.7. The molecule has 3 aromatic rings. The Balaban J connectivity index is 1.47. The van der Waals surface area contributed by atoms with Crippen LogP contribution >= 0.6 is 0 Å². The molecule has 0 saturated carbocycles.